The van der Waals surface area contributed by atoms with Gasteiger partial charge in [-0.3, -0.25) is 4.79 Å². The molecular weight excluding hydrogens is 352 g/mol. The molecule has 1 atom stereocenters. The van der Waals surface area contributed by atoms with E-state index in [0.29, 0.717) is 17.7 Å². The Labute approximate surface area is 154 Å². The molecule has 0 spiro atoms. The molecule has 0 aromatic heterocycles. The molecule has 3 rings (SSSR count). The number of carbonyl (C=O) groups is 1. The molecule has 1 aliphatic carbocycles. The van der Waals surface area contributed by atoms with Gasteiger partial charge in [-0.1, -0.05) is 31.4 Å². The minimum atomic E-state index is -3.07. The zero-order chi connectivity index (χ0) is 18.6. The van der Waals surface area contributed by atoms with Gasteiger partial charge in [0, 0.05) is 12.1 Å². The highest BCUT2D eigenvalue weighted by Crippen LogP contribution is 2.28. The SMILES string of the molecule is N#Cc1ccccc1OCC(=O)N(C1CCCCC1)[C@@H]1CCS(=O)(=O)C1. The minimum absolute atomic E-state index is 0.0457. The molecular formula is C19H24N2O4S. The molecule has 0 N–H and O–H groups in total. The van der Waals surface area contributed by atoms with Gasteiger partial charge in [0.05, 0.1) is 17.1 Å². The molecule has 1 amide bonds. The summed E-state index contributed by atoms with van der Waals surface area (Å²) in [5.74, 6) is 0.383. The average Bonchev–Trinajstić information content (AvgIpc) is 3.00. The Morgan fingerprint density at radius 2 is 1.88 bits per heavy atom. The Morgan fingerprint density at radius 1 is 1.15 bits per heavy atom. The van der Waals surface area contributed by atoms with Gasteiger partial charge in [-0.25, -0.2) is 8.42 Å². The smallest absolute Gasteiger partial charge is 0.261 e. The summed E-state index contributed by atoms with van der Waals surface area (Å²) in [6, 6.07) is 8.68. The Balaban J connectivity index is 1.73. The lowest BCUT2D eigenvalue weighted by atomic mass is 9.93. The fourth-order valence-electron chi connectivity index (χ4n) is 3.96. The van der Waals surface area contributed by atoms with Crippen LogP contribution in [-0.2, 0) is 14.6 Å². The van der Waals surface area contributed by atoms with E-state index < -0.39 is 9.84 Å². The number of benzene rings is 1. The van der Waals surface area contributed by atoms with Crippen LogP contribution in [0.4, 0.5) is 0 Å². The summed E-state index contributed by atoms with van der Waals surface area (Å²) >= 11 is 0. The van der Waals surface area contributed by atoms with Crippen molar-refractivity contribution < 1.29 is 17.9 Å². The van der Waals surface area contributed by atoms with Crippen molar-refractivity contribution in [3.05, 3.63) is 29.8 Å². The first kappa shape index (κ1) is 18.7. The predicted octanol–water partition coefficient (Wildman–Crippen LogP) is 2.29. The van der Waals surface area contributed by atoms with Gasteiger partial charge >= 0.3 is 0 Å². The van der Waals surface area contributed by atoms with E-state index in [1.165, 1.54) is 0 Å². The van der Waals surface area contributed by atoms with Crippen LogP contribution in [0.3, 0.4) is 0 Å². The monoisotopic (exact) mass is 376 g/mol. The molecule has 1 saturated heterocycles. The van der Waals surface area contributed by atoms with E-state index in [9.17, 15) is 13.2 Å². The summed E-state index contributed by atoms with van der Waals surface area (Å²) in [6.07, 6.45) is 5.61. The van der Waals surface area contributed by atoms with Crippen LogP contribution < -0.4 is 4.74 Å². The number of para-hydroxylation sites is 1. The summed E-state index contributed by atoms with van der Waals surface area (Å²) in [4.78, 5) is 14.7. The largest absolute Gasteiger partial charge is 0.482 e. The van der Waals surface area contributed by atoms with E-state index in [2.05, 4.69) is 0 Å². The molecule has 1 aliphatic heterocycles. The number of carbonyl (C=O) groups excluding carboxylic acids is 1. The van der Waals surface area contributed by atoms with Gasteiger partial charge in [-0.2, -0.15) is 5.26 Å². The molecule has 26 heavy (non-hydrogen) atoms. The van der Waals surface area contributed by atoms with Crippen LogP contribution in [0.15, 0.2) is 24.3 Å². The molecule has 2 fully saturated rings. The lowest BCUT2D eigenvalue weighted by Gasteiger charge is -2.38. The topological polar surface area (TPSA) is 87.5 Å². The Hall–Kier alpha value is -2.07. The van der Waals surface area contributed by atoms with E-state index in [0.717, 1.165) is 32.1 Å². The van der Waals surface area contributed by atoms with Crippen LogP contribution in [0.5, 0.6) is 5.75 Å². The first-order valence-electron chi connectivity index (χ1n) is 9.14. The van der Waals surface area contributed by atoms with Crippen LogP contribution in [0.25, 0.3) is 0 Å². The van der Waals surface area contributed by atoms with Crippen molar-refractivity contribution in [1.82, 2.24) is 4.90 Å². The zero-order valence-corrected chi connectivity index (χ0v) is 15.6. The summed E-state index contributed by atoms with van der Waals surface area (Å²) in [7, 11) is -3.07. The Bertz CT molecular complexity index is 794. The fraction of sp³-hybridized carbons (Fsp3) is 0.579. The van der Waals surface area contributed by atoms with Crippen molar-refractivity contribution in [2.75, 3.05) is 18.1 Å². The Kier molecular flexibility index (Phi) is 5.82. The number of nitrogens with zero attached hydrogens (tertiary/aromatic N) is 2. The molecule has 1 aromatic carbocycles. The number of hydrogen-bond acceptors (Lipinski definition) is 5. The number of rotatable bonds is 5. The van der Waals surface area contributed by atoms with Crippen LogP contribution in [-0.4, -0.2) is 49.4 Å². The third-order valence-electron chi connectivity index (χ3n) is 5.22. The average molecular weight is 376 g/mol. The zero-order valence-electron chi connectivity index (χ0n) is 14.8. The van der Waals surface area contributed by atoms with Gasteiger partial charge in [0.2, 0.25) is 0 Å². The van der Waals surface area contributed by atoms with Crippen molar-refractivity contribution in [2.24, 2.45) is 0 Å². The van der Waals surface area contributed by atoms with E-state index in [1.807, 2.05) is 6.07 Å². The molecule has 1 saturated carbocycles. The van der Waals surface area contributed by atoms with Crippen molar-refractivity contribution in [3.8, 4) is 11.8 Å². The second-order valence-electron chi connectivity index (χ2n) is 7.05. The highest BCUT2D eigenvalue weighted by molar-refractivity contribution is 7.91. The normalized spacial score (nSPS) is 22.5. The van der Waals surface area contributed by atoms with E-state index >= 15 is 0 Å². The number of hydrogen-bond donors (Lipinski definition) is 0. The number of nitriles is 1. The first-order valence-corrected chi connectivity index (χ1v) is 11.0. The molecule has 0 unspecified atom stereocenters. The van der Waals surface area contributed by atoms with E-state index in [-0.39, 0.29) is 36.1 Å². The van der Waals surface area contributed by atoms with Gasteiger partial charge in [0.1, 0.15) is 11.8 Å². The van der Waals surface area contributed by atoms with Gasteiger partial charge in [0.15, 0.2) is 16.4 Å². The summed E-state index contributed by atoms with van der Waals surface area (Å²) in [5, 5.41) is 9.13. The van der Waals surface area contributed by atoms with Crippen molar-refractivity contribution in [1.29, 1.82) is 5.26 Å². The quantitative estimate of drug-likeness (QED) is 0.787. The third-order valence-corrected chi connectivity index (χ3v) is 6.97. The molecule has 2 aliphatic rings. The number of ether oxygens (including phenoxy) is 1. The van der Waals surface area contributed by atoms with Gasteiger partial charge in [-0.15, -0.1) is 0 Å². The maximum Gasteiger partial charge on any atom is 0.261 e. The minimum Gasteiger partial charge on any atom is -0.482 e. The third kappa shape index (κ3) is 4.36. The van der Waals surface area contributed by atoms with Gasteiger partial charge in [-0.05, 0) is 31.4 Å². The second-order valence-corrected chi connectivity index (χ2v) is 9.28. The maximum atomic E-state index is 12.9. The van der Waals surface area contributed by atoms with E-state index in [4.69, 9.17) is 10.00 Å². The van der Waals surface area contributed by atoms with Gasteiger partial charge in [0.25, 0.3) is 5.91 Å². The lowest BCUT2D eigenvalue weighted by Crippen LogP contribution is -2.50. The number of amides is 1. The van der Waals surface area contributed by atoms with Crippen LogP contribution in [0.1, 0.15) is 44.1 Å². The van der Waals surface area contributed by atoms with E-state index in [1.54, 1.807) is 29.2 Å². The Morgan fingerprint density at radius 3 is 2.54 bits per heavy atom. The highest BCUT2D eigenvalue weighted by atomic mass is 32.2. The van der Waals surface area contributed by atoms with Crippen molar-refractivity contribution in [3.63, 3.8) is 0 Å². The summed E-state index contributed by atoms with van der Waals surface area (Å²) in [6.45, 7) is -0.175. The molecule has 140 valence electrons. The van der Waals surface area contributed by atoms with Crippen molar-refractivity contribution >= 4 is 15.7 Å². The molecule has 0 radical (unpaired) electrons. The predicted molar refractivity (Wildman–Crippen MR) is 97.4 cm³/mol. The molecule has 6 nitrogen and oxygen atoms in total. The van der Waals surface area contributed by atoms with Crippen LogP contribution in [0.2, 0.25) is 0 Å². The second kappa shape index (κ2) is 8.09. The maximum absolute atomic E-state index is 12.9. The van der Waals surface area contributed by atoms with Crippen molar-refractivity contribution in [2.45, 2.75) is 50.6 Å². The first-order chi connectivity index (χ1) is 12.5. The summed E-state index contributed by atoms with van der Waals surface area (Å²) < 4.78 is 29.4. The fourth-order valence-corrected chi connectivity index (χ4v) is 5.67. The molecule has 7 heteroatoms. The summed E-state index contributed by atoms with van der Waals surface area (Å²) in [5.41, 5.74) is 0.382. The molecule has 1 aromatic rings. The highest BCUT2D eigenvalue weighted by Gasteiger charge is 2.38. The number of sulfone groups is 1. The van der Waals surface area contributed by atoms with Gasteiger partial charge < -0.3 is 9.64 Å². The van der Waals surface area contributed by atoms with Crippen LogP contribution >= 0.6 is 0 Å². The van der Waals surface area contributed by atoms with Crippen LogP contribution in [0, 0.1) is 11.3 Å². The molecule has 0 bridgehead atoms. The molecule has 1 heterocycles. The lowest BCUT2D eigenvalue weighted by molar-refractivity contribution is -0.138. The standard InChI is InChI=1S/C19H24N2O4S/c20-12-15-6-4-5-9-18(15)25-13-19(22)21(16-7-2-1-3-8-16)17-10-11-26(23,24)14-17/h4-6,9,16-17H,1-3,7-8,10-11,13-14H2/t17-/m1/s1.